The number of aryl methyl sites for hydroxylation is 1. The van der Waals surface area contributed by atoms with Gasteiger partial charge in [-0.25, -0.2) is 9.87 Å². The first kappa shape index (κ1) is 26.4. The van der Waals surface area contributed by atoms with E-state index in [1.54, 1.807) is 23.1 Å². The number of para-hydroxylation sites is 1. The number of carbonyl (C=O) groups is 2. The normalized spacial score (nSPS) is 17.6. The van der Waals surface area contributed by atoms with E-state index in [4.69, 9.17) is 9.94 Å². The summed E-state index contributed by atoms with van der Waals surface area (Å²) < 4.78 is 19.7. The molecule has 1 fully saturated rings. The molecule has 2 amide bonds. The number of aliphatic hydroxyl groups is 1. The Labute approximate surface area is 205 Å². The summed E-state index contributed by atoms with van der Waals surface area (Å²) in [6.45, 7) is 5.55. The number of aliphatic hydroxyl groups excluding tert-OH is 1. The maximum Gasteiger partial charge on any atom is 0.272 e. The lowest BCUT2D eigenvalue weighted by molar-refractivity contribution is -0.152. The zero-order valence-corrected chi connectivity index (χ0v) is 20.2. The number of amides is 2. The van der Waals surface area contributed by atoms with Gasteiger partial charge in [-0.1, -0.05) is 24.3 Å². The molecular formula is C26H34FN3O5. The minimum Gasteiger partial charge on any atom is -0.494 e. The van der Waals surface area contributed by atoms with Crippen LogP contribution in [0.4, 0.5) is 10.1 Å². The van der Waals surface area contributed by atoms with Crippen LogP contribution in [0.25, 0.3) is 0 Å². The third-order valence-corrected chi connectivity index (χ3v) is 6.40. The second-order valence-corrected chi connectivity index (χ2v) is 8.77. The van der Waals surface area contributed by atoms with Crippen LogP contribution < -0.4 is 15.1 Å². The van der Waals surface area contributed by atoms with E-state index in [0.29, 0.717) is 44.8 Å². The highest BCUT2D eigenvalue weighted by atomic mass is 19.1. The van der Waals surface area contributed by atoms with E-state index in [9.17, 15) is 19.1 Å². The molecule has 1 saturated heterocycles. The molecule has 1 aliphatic rings. The van der Waals surface area contributed by atoms with E-state index in [1.807, 2.05) is 43.0 Å². The number of benzene rings is 2. The highest BCUT2D eigenvalue weighted by molar-refractivity contribution is 5.89. The van der Waals surface area contributed by atoms with Crippen LogP contribution in [0, 0.1) is 11.7 Å². The van der Waals surface area contributed by atoms with E-state index in [1.165, 1.54) is 11.5 Å². The minimum absolute atomic E-state index is 0.256. The molecule has 3 rings (SSSR count). The van der Waals surface area contributed by atoms with Crippen molar-refractivity contribution in [3.8, 4) is 5.75 Å². The lowest BCUT2D eigenvalue weighted by Crippen LogP contribution is -2.57. The molecule has 0 bridgehead atoms. The lowest BCUT2D eigenvalue weighted by atomic mass is 9.91. The maximum absolute atomic E-state index is 14.2. The van der Waals surface area contributed by atoms with Gasteiger partial charge in [0.15, 0.2) is 0 Å². The van der Waals surface area contributed by atoms with Crippen molar-refractivity contribution in [1.29, 1.82) is 0 Å². The zero-order chi connectivity index (χ0) is 25.4. The summed E-state index contributed by atoms with van der Waals surface area (Å²) in [4.78, 5) is 28.9. The molecule has 0 spiro atoms. The number of nitrogens with one attached hydrogen (secondary N) is 1. The first-order chi connectivity index (χ1) is 16.8. The van der Waals surface area contributed by atoms with Crippen LogP contribution >= 0.6 is 0 Å². The van der Waals surface area contributed by atoms with Gasteiger partial charge in [0.05, 0.1) is 18.2 Å². The Bertz CT molecular complexity index is 987. The Balaban J connectivity index is 1.65. The molecule has 190 valence electrons. The van der Waals surface area contributed by atoms with Gasteiger partial charge in [-0.2, -0.15) is 0 Å². The number of hydroxylamine groups is 1. The topological polar surface area (TPSA) is 102 Å². The molecule has 0 saturated carbocycles. The molecule has 3 atom stereocenters. The van der Waals surface area contributed by atoms with Crippen LogP contribution in [0.2, 0.25) is 0 Å². The Hall–Kier alpha value is -3.17. The van der Waals surface area contributed by atoms with E-state index in [2.05, 4.69) is 0 Å². The van der Waals surface area contributed by atoms with Crippen molar-refractivity contribution in [2.75, 3.05) is 31.1 Å². The molecule has 9 heteroatoms. The van der Waals surface area contributed by atoms with Crippen molar-refractivity contribution in [3.63, 3.8) is 0 Å². The fourth-order valence-electron chi connectivity index (χ4n) is 4.54. The molecule has 8 nitrogen and oxygen atoms in total. The van der Waals surface area contributed by atoms with Gasteiger partial charge in [-0.3, -0.25) is 14.8 Å². The van der Waals surface area contributed by atoms with E-state index in [-0.39, 0.29) is 24.2 Å². The smallest absolute Gasteiger partial charge is 0.272 e. The molecule has 0 aromatic heterocycles. The number of nitrogens with zero attached hydrogens (tertiary/aromatic N) is 2. The Morgan fingerprint density at radius 3 is 2.51 bits per heavy atom. The van der Waals surface area contributed by atoms with Gasteiger partial charge in [-0.05, 0) is 62.9 Å². The number of piperazine rings is 1. The van der Waals surface area contributed by atoms with Gasteiger partial charge in [-0.15, -0.1) is 0 Å². The molecule has 3 N–H and O–H groups in total. The number of anilines is 1. The van der Waals surface area contributed by atoms with E-state index >= 15 is 0 Å². The Morgan fingerprint density at radius 1 is 1.17 bits per heavy atom. The number of ether oxygens (including phenoxy) is 1. The van der Waals surface area contributed by atoms with Crippen molar-refractivity contribution in [2.45, 2.75) is 45.3 Å². The average molecular weight is 488 g/mol. The van der Waals surface area contributed by atoms with Crippen molar-refractivity contribution in [1.82, 2.24) is 10.4 Å². The average Bonchev–Trinajstić information content (AvgIpc) is 2.87. The highest BCUT2D eigenvalue weighted by Gasteiger charge is 2.38. The number of hydrogen-bond acceptors (Lipinski definition) is 6. The number of carbonyl (C=O) groups excluding carboxylic acids is 2. The largest absolute Gasteiger partial charge is 0.494 e. The summed E-state index contributed by atoms with van der Waals surface area (Å²) in [7, 11) is 0. The maximum atomic E-state index is 14.2. The number of hydrogen-bond donors (Lipinski definition) is 3. The number of halogens is 1. The molecule has 0 aliphatic carbocycles. The van der Waals surface area contributed by atoms with Gasteiger partial charge in [0.25, 0.3) is 5.91 Å². The SMILES string of the molecule is CCOc1ccc(CCC[C@H](C(=O)N2CCN(c3ccccc3F)C[C@H]2C)[C@H](O)C(=O)NO)cc1. The molecule has 35 heavy (non-hydrogen) atoms. The van der Waals surface area contributed by atoms with Crippen LogP contribution in [0.15, 0.2) is 48.5 Å². The summed E-state index contributed by atoms with van der Waals surface area (Å²) in [5, 5.41) is 19.5. The summed E-state index contributed by atoms with van der Waals surface area (Å²) in [5.41, 5.74) is 2.98. The van der Waals surface area contributed by atoms with E-state index < -0.39 is 17.9 Å². The standard InChI is InChI=1S/C26H34FN3O5/c1-3-35-20-13-11-19(12-14-20)7-6-8-21(24(31)25(32)28-34)26(33)30-16-15-29(17-18(30)2)23-10-5-4-9-22(23)27/h4-5,9-14,18,21,24,31,34H,3,6-8,15-17H2,1-2H3,(H,28,32)/t18-,21+,24+/m1/s1. The van der Waals surface area contributed by atoms with Gasteiger partial charge in [0, 0.05) is 25.7 Å². The van der Waals surface area contributed by atoms with Gasteiger partial charge in [0.1, 0.15) is 17.7 Å². The Kier molecular flexibility index (Phi) is 9.45. The summed E-state index contributed by atoms with van der Waals surface area (Å²) in [6.07, 6.45) is -0.199. The van der Waals surface area contributed by atoms with Crippen LogP contribution in [0.1, 0.15) is 32.3 Å². The van der Waals surface area contributed by atoms with Crippen molar-refractivity contribution in [2.24, 2.45) is 5.92 Å². The predicted octanol–water partition coefficient (Wildman–Crippen LogP) is 2.77. The fourth-order valence-corrected chi connectivity index (χ4v) is 4.54. The summed E-state index contributed by atoms with van der Waals surface area (Å²) in [5.74, 6) is -1.91. The van der Waals surface area contributed by atoms with Crippen LogP contribution in [0.5, 0.6) is 5.75 Å². The van der Waals surface area contributed by atoms with Crippen LogP contribution in [-0.4, -0.2) is 65.4 Å². The molecule has 1 heterocycles. The van der Waals surface area contributed by atoms with Crippen molar-refractivity contribution >= 4 is 17.5 Å². The van der Waals surface area contributed by atoms with Crippen molar-refractivity contribution < 1.29 is 29.0 Å². The van der Waals surface area contributed by atoms with Gasteiger partial charge >= 0.3 is 0 Å². The molecule has 2 aromatic rings. The van der Waals surface area contributed by atoms with Crippen LogP contribution in [-0.2, 0) is 16.0 Å². The van der Waals surface area contributed by atoms with Crippen LogP contribution in [0.3, 0.4) is 0 Å². The quantitative estimate of drug-likeness (QED) is 0.352. The first-order valence-electron chi connectivity index (χ1n) is 12.0. The third kappa shape index (κ3) is 6.70. The molecule has 1 aliphatic heterocycles. The summed E-state index contributed by atoms with van der Waals surface area (Å²) in [6, 6.07) is 13.9. The van der Waals surface area contributed by atoms with E-state index in [0.717, 1.165) is 11.3 Å². The molecular weight excluding hydrogens is 453 g/mol. The molecule has 2 aromatic carbocycles. The number of rotatable bonds is 10. The minimum atomic E-state index is -1.68. The Morgan fingerprint density at radius 2 is 1.89 bits per heavy atom. The lowest BCUT2D eigenvalue weighted by Gasteiger charge is -2.42. The zero-order valence-electron chi connectivity index (χ0n) is 20.2. The fraction of sp³-hybridized carbons (Fsp3) is 0.462. The second-order valence-electron chi connectivity index (χ2n) is 8.77. The highest BCUT2D eigenvalue weighted by Crippen LogP contribution is 2.25. The second kappa shape index (κ2) is 12.5. The molecule has 0 unspecified atom stereocenters. The first-order valence-corrected chi connectivity index (χ1v) is 12.0. The monoisotopic (exact) mass is 487 g/mol. The van der Waals surface area contributed by atoms with Gasteiger partial charge in [0.2, 0.25) is 5.91 Å². The third-order valence-electron chi connectivity index (χ3n) is 6.40. The van der Waals surface area contributed by atoms with Gasteiger partial charge < -0.3 is 19.6 Å². The van der Waals surface area contributed by atoms with Crippen molar-refractivity contribution in [3.05, 3.63) is 59.9 Å². The molecule has 0 radical (unpaired) electrons. The predicted molar refractivity (Wildman–Crippen MR) is 130 cm³/mol. The summed E-state index contributed by atoms with van der Waals surface area (Å²) >= 11 is 0.